The maximum atomic E-state index is 13.2. The van der Waals surface area contributed by atoms with Crippen molar-refractivity contribution in [3.63, 3.8) is 0 Å². The molecule has 0 atom stereocenters. The van der Waals surface area contributed by atoms with Crippen LogP contribution < -0.4 is 9.88 Å². The zero-order valence-electron chi connectivity index (χ0n) is 9.33. The van der Waals surface area contributed by atoms with E-state index in [1.807, 2.05) is 0 Å². The summed E-state index contributed by atoms with van der Waals surface area (Å²) < 4.78 is 40.3. The van der Waals surface area contributed by atoms with E-state index in [0.717, 1.165) is 0 Å². The van der Waals surface area contributed by atoms with E-state index < -0.39 is 15.8 Å². The van der Waals surface area contributed by atoms with Gasteiger partial charge in [-0.15, -0.1) is 0 Å². The van der Waals surface area contributed by atoms with Crippen LogP contribution in [0.25, 0.3) is 0 Å². The molecule has 0 fully saturated rings. The molecule has 0 unspecified atom stereocenters. The van der Waals surface area contributed by atoms with Gasteiger partial charge in [-0.2, -0.15) is 0 Å². The molecule has 0 spiro atoms. The first-order valence-corrected chi connectivity index (χ1v) is 7.96. The monoisotopic (exact) mass is 359 g/mol. The summed E-state index contributed by atoms with van der Waals surface area (Å²) in [4.78, 5) is 0. The van der Waals surface area contributed by atoms with Crippen LogP contribution in [-0.2, 0) is 10.0 Å². The van der Waals surface area contributed by atoms with Gasteiger partial charge in [-0.3, -0.25) is 0 Å². The topological polar surface area (TPSA) is 69.4 Å². The summed E-state index contributed by atoms with van der Waals surface area (Å²) in [7, 11) is -3.43. The Morgan fingerprint density at radius 2 is 2.06 bits per heavy atom. The second-order valence-electron chi connectivity index (χ2n) is 3.62. The average molecular weight is 361 g/mol. The Hall–Kier alpha value is -0.370. The van der Waals surface area contributed by atoms with E-state index in [2.05, 4.69) is 15.9 Å². The zero-order valence-corrected chi connectivity index (χ0v) is 12.5. The van der Waals surface area contributed by atoms with E-state index in [0.29, 0.717) is 23.1 Å². The van der Waals surface area contributed by atoms with Crippen molar-refractivity contribution in [2.45, 2.75) is 12.8 Å². The predicted molar refractivity (Wildman–Crippen MR) is 71.8 cm³/mol. The van der Waals surface area contributed by atoms with E-state index in [1.165, 1.54) is 12.1 Å². The predicted octanol–water partition coefficient (Wildman–Crippen LogP) is 2.69. The van der Waals surface area contributed by atoms with Gasteiger partial charge in [0, 0.05) is 6.07 Å². The summed E-state index contributed by atoms with van der Waals surface area (Å²) in [5.74, 6) is -0.334. The number of rotatable bonds is 6. The molecule has 8 heteroatoms. The molecular formula is C10H12BrClFNO3S. The summed E-state index contributed by atoms with van der Waals surface area (Å²) in [5, 5.41) is 4.85. The Labute approximate surface area is 118 Å². The minimum atomic E-state index is -3.43. The maximum Gasteiger partial charge on any atom is 0.209 e. The summed E-state index contributed by atoms with van der Waals surface area (Å²) in [6.07, 6.45) is 0.902. The van der Waals surface area contributed by atoms with Gasteiger partial charge in [-0.05, 0) is 34.8 Å². The molecule has 102 valence electrons. The zero-order chi connectivity index (χ0) is 13.8. The van der Waals surface area contributed by atoms with Crippen molar-refractivity contribution in [1.82, 2.24) is 0 Å². The number of hydrogen-bond donors (Lipinski definition) is 1. The molecule has 0 saturated heterocycles. The highest BCUT2D eigenvalue weighted by atomic mass is 79.9. The molecule has 1 aromatic rings. The molecule has 0 saturated carbocycles. The summed E-state index contributed by atoms with van der Waals surface area (Å²) in [6, 6.07) is 2.57. The second kappa shape index (κ2) is 6.70. The minimum absolute atomic E-state index is 0.00319. The fraction of sp³-hybridized carbons (Fsp3) is 0.400. The highest BCUT2D eigenvalue weighted by molar-refractivity contribution is 9.10. The van der Waals surface area contributed by atoms with E-state index in [-0.39, 0.29) is 17.4 Å². The smallest absolute Gasteiger partial charge is 0.209 e. The van der Waals surface area contributed by atoms with Crippen molar-refractivity contribution in [3.8, 4) is 5.75 Å². The SMILES string of the molecule is NS(=O)(=O)CCCCOc1cc(F)c(Cl)cc1Br. The Balaban J connectivity index is 2.43. The van der Waals surface area contributed by atoms with Crippen molar-refractivity contribution < 1.29 is 17.5 Å². The Morgan fingerprint density at radius 3 is 2.67 bits per heavy atom. The highest BCUT2D eigenvalue weighted by Crippen LogP contribution is 2.30. The molecule has 0 aromatic heterocycles. The van der Waals surface area contributed by atoms with Crippen LogP contribution in [0.2, 0.25) is 5.02 Å². The normalized spacial score (nSPS) is 11.6. The summed E-state index contributed by atoms with van der Waals surface area (Å²) in [6.45, 7) is 0.273. The van der Waals surface area contributed by atoms with Crippen molar-refractivity contribution in [2.24, 2.45) is 5.14 Å². The average Bonchev–Trinajstić information content (AvgIpc) is 2.23. The molecule has 0 amide bonds. The van der Waals surface area contributed by atoms with Crippen LogP contribution in [0.4, 0.5) is 4.39 Å². The Kier molecular flexibility index (Phi) is 5.84. The third kappa shape index (κ3) is 5.51. The fourth-order valence-corrected chi connectivity index (χ4v) is 2.56. The molecular weight excluding hydrogens is 349 g/mol. The van der Waals surface area contributed by atoms with E-state index in [9.17, 15) is 12.8 Å². The molecule has 0 bridgehead atoms. The van der Waals surface area contributed by atoms with E-state index >= 15 is 0 Å². The van der Waals surface area contributed by atoms with Gasteiger partial charge in [0.05, 0.1) is 21.9 Å². The van der Waals surface area contributed by atoms with Gasteiger partial charge in [0.15, 0.2) is 0 Å². The highest BCUT2D eigenvalue weighted by Gasteiger charge is 2.08. The number of sulfonamides is 1. The third-order valence-corrected chi connectivity index (χ3v) is 3.82. The number of unbranched alkanes of at least 4 members (excludes halogenated alkanes) is 1. The molecule has 1 aromatic carbocycles. The molecule has 0 aliphatic rings. The molecule has 0 aliphatic carbocycles. The van der Waals surface area contributed by atoms with E-state index in [4.69, 9.17) is 21.5 Å². The Morgan fingerprint density at radius 1 is 1.39 bits per heavy atom. The number of halogens is 3. The number of benzene rings is 1. The number of primary sulfonamides is 1. The van der Waals surface area contributed by atoms with Crippen molar-refractivity contribution in [1.29, 1.82) is 0 Å². The van der Waals surface area contributed by atoms with Crippen LogP contribution in [0.15, 0.2) is 16.6 Å². The van der Waals surface area contributed by atoms with Gasteiger partial charge < -0.3 is 4.74 Å². The lowest BCUT2D eigenvalue weighted by atomic mass is 10.3. The largest absolute Gasteiger partial charge is 0.492 e. The Bertz CT molecular complexity index is 524. The molecule has 0 heterocycles. The molecule has 1 rings (SSSR count). The van der Waals surface area contributed by atoms with Gasteiger partial charge in [0.25, 0.3) is 0 Å². The van der Waals surface area contributed by atoms with Gasteiger partial charge in [0.2, 0.25) is 10.0 Å². The first-order valence-electron chi connectivity index (χ1n) is 5.07. The van der Waals surface area contributed by atoms with Gasteiger partial charge in [-0.25, -0.2) is 17.9 Å². The minimum Gasteiger partial charge on any atom is -0.492 e. The molecule has 4 nitrogen and oxygen atoms in total. The summed E-state index contributed by atoms with van der Waals surface area (Å²) >= 11 is 8.77. The molecule has 0 radical (unpaired) electrons. The fourth-order valence-electron chi connectivity index (χ4n) is 1.20. The quantitative estimate of drug-likeness (QED) is 0.626. The molecule has 0 aliphatic heterocycles. The van der Waals surface area contributed by atoms with Gasteiger partial charge in [0.1, 0.15) is 11.6 Å². The van der Waals surface area contributed by atoms with Gasteiger partial charge >= 0.3 is 0 Å². The molecule has 18 heavy (non-hydrogen) atoms. The van der Waals surface area contributed by atoms with Crippen LogP contribution in [0.1, 0.15) is 12.8 Å². The lowest BCUT2D eigenvalue weighted by molar-refractivity contribution is 0.306. The number of ether oxygens (including phenoxy) is 1. The second-order valence-corrected chi connectivity index (χ2v) is 6.61. The molecule has 2 N–H and O–H groups in total. The van der Waals surface area contributed by atoms with Crippen LogP contribution in [-0.4, -0.2) is 20.8 Å². The summed E-state index contributed by atoms with van der Waals surface area (Å²) in [5.41, 5.74) is 0. The van der Waals surface area contributed by atoms with Crippen molar-refractivity contribution >= 4 is 37.6 Å². The van der Waals surface area contributed by atoms with Crippen LogP contribution in [0.3, 0.4) is 0 Å². The van der Waals surface area contributed by atoms with Crippen LogP contribution >= 0.6 is 27.5 Å². The lowest BCUT2D eigenvalue weighted by Crippen LogP contribution is -2.16. The third-order valence-electron chi connectivity index (χ3n) is 2.06. The van der Waals surface area contributed by atoms with Crippen molar-refractivity contribution in [2.75, 3.05) is 12.4 Å². The number of nitrogens with two attached hydrogens (primary N) is 1. The maximum absolute atomic E-state index is 13.2. The lowest BCUT2D eigenvalue weighted by Gasteiger charge is -2.08. The standard InChI is InChI=1S/C10H12BrClFNO3S/c11-7-5-8(12)9(13)6-10(7)17-3-1-2-4-18(14,15)16/h5-6H,1-4H2,(H2,14,15,16). The van der Waals surface area contributed by atoms with Gasteiger partial charge in [-0.1, -0.05) is 11.6 Å². The number of hydrogen-bond acceptors (Lipinski definition) is 3. The first kappa shape index (κ1) is 15.7. The first-order chi connectivity index (χ1) is 8.29. The van der Waals surface area contributed by atoms with Crippen LogP contribution in [0, 0.1) is 5.82 Å². The van der Waals surface area contributed by atoms with Crippen molar-refractivity contribution in [3.05, 3.63) is 27.4 Å². The van der Waals surface area contributed by atoms with E-state index in [1.54, 1.807) is 0 Å². The van der Waals surface area contributed by atoms with Crippen LogP contribution in [0.5, 0.6) is 5.75 Å².